The molecule has 3 rings (SSSR count). The van der Waals surface area contributed by atoms with Gasteiger partial charge in [0.1, 0.15) is 6.04 Å². The first-order valence-electron chi connectivity index (χ1n) is 9.66. The predicted octanol–water partition coefficient (Wildman–Crippen LogP) is 3.88. The third-order valence-corrected chi connectivity index (χ3v) is 5.35. The molecule has 0 radical (unpaired) electrons. The average Bonchev–Trinajstić information content (AvgIpc) is 2.97. The summed E-state index contributed by atoms with van der Waals surface area (Å²) in [6, 6.07) is 13.6. The molecule has 28 heavy (non-hydrogen) atoms. The number of hydrogen-bond donors (Lipinski definition) is 0. The minimum absolute atomic E-state index is 0.00858. The summed E-state index contributed by atoms with van der Waals surface area (Å²) in [6.07, 6.45) is 0.703. The number of carbonyl (C=O) groups excluding carboxylic acids is 3. The predicted molar refractivity (Wildman–Crippen MR) is 109 cm³/mol. The van der Waals surface area contributed by atoms with Crippen molar-refractivity contribution in [2.24, 2.45) is 0 Å². The van der Waals surface area contributed by atoms with Crippen LogP contribution in [0.2, 0.25) is 0 Å². The number of imide groups is 1. The molecule has 3 amide bonds. The Labute approximate surface area is 166 Å². The Morgan fingerprint density at radius 1 is 1.04 bits per heavy atom. The zero-order valence-electron chi connectivity index (χ0n) is 16.8. The highest BCUT2D eigenvalue weighted by atomic mass is 16.2. The van der Waals surface area contributed by atoms with Gasteiger partial charge < -0.3 is 4.90 Å². The zero-order valence-corrected chi connectivity index (χ0v) is 16.8. The van der Waals surface area contributed by atoms with Gasteiger partial charge in [0.2, 0.25) is 5.91 Å². The first-order valence-corrected chi connectivity index (χ1v) is 9.66. The number of anilines is 1. The van der Waals surface area contributed by atoms with E-state index in [1.165, 1.54) is 4.90 Å². The van der Waals surface area contributed by atoms with Crippen LogP contribution in [0.3, 0.4) is 0 Å². The van der Waals surface area contributed by atoms with E-state index in [1.54, 1.807) is 29.2 Å². The fourth-order valence-electron chi connectivity index (χ4n) is 3.49. The molecular weight excluding hydrogens is 352 g/mol. The van der Waals surface area contributed by atoms with Gasteiger partial charge in [-0.05, 0) is 51.5 Å². The Morgan fingerprint density at radius 3 is 2.11 bits per heavy atom. The third-order valence-electron chi connectivity index (χ3n) is 5.35. The van der Waals surface area contributed by atoms with Gasteiger partial charge in [0.25, 0.3) is 11.8 Å². The molecule has 1 fully saturated rings. The van der Waals surface area contributed by atoms with Crippen molar-refractivity contribution in [1.29, 1.82) is 0 Å². The van der Waals surface area contributed by atoms with Crippen molar-refractivity contribution in [2.45, 2.75) is 52.6 Å². The quantitative estimate of drug-likeness (QED) is 0.742. The lowest BCUT2D eigenvalue weighted by molar-refractivity contribution is -0.122. The van der Waals surface area contributed by atoms with Gasteiger partial charge in [-0.2, -0.15) is 0 Å². The highest BCUT2D eigenvalue weighted by Gasteiger charge is 2.45. The maximum absolute atomic E-state index is 13.2. The van der Waals surface area contributed by atoms with Crippen molar-refractivity contribution >= 4 is 23.4 Å². The number of carbonyl (C=O) groups is 3. The monoisotopic (exact) mass is 378 g/mol. The summed E-state index contributed by atoms with van der Waals surface area (Å²) in [6.45, 7) is 7.79. The van der Waals surface area contributed by atoms with E-state index in [0.29, 0.717) is 17.7 Å². The maximum Gasteiger partial charge on any atom is 0.257 e. The number of rotatable bonds is 5. The summed E-state index contributed by atoms with van der Waals surface area (Å²) >= 11 is 0. The molecule has 5 nitrogen and oxygen atoms in total. The highest BCUT2D eigenvalue weighted by molar-refractivity contribution is 6.23. The van der Waals surface area contributed by atoms with Gasteiger partial charge in [-0.25, -0.2) is 4.90 Å². The SMILES string of the molecule is CCC(C)N(C(=O)c1ccc(C)cc1)C1CC(=O)N(c2ccc(C)cc2)C1=O. The second kappa shape index (κ2) is 7.97. The summed E-state index contributed by atoms with van der Waals surface area (Å²) in [5.74, 6) is -0.829. The highest BCUT2D eigenvalue weighted by Crippen LogP contribution is 2.28. The standard InChI is InChI=1S/C23H26N2O3/c1-5-17(4)24(22(27)18-10-6-15(2)7-11-18)20-14-21(26)25(23(20)28)19-12-8-16(3)9-13-19/h6-13,17,20H,5,14H2,1-4H3. The summed E-state index contributed by atoms with van der Waals surface area (Å²) in [7, 11) is 0. The lowest BCUT2D eigenvalue weighted by Crippen LogP contribution is -2.49. The molecule has 1 saturated heterocycles. The normalized spacial score (nSPS) is 17.7. The van der Waals surface area contributed by atoms with Gasteiger partial charge in [-0.1, -0.05) is 42.3 Å². The van der Waals surface area contributed by atoms with E-state index in [9.17, 15) is 14.4 Å². The second-order valence-electron chi connectivity index (χ2n) is 7.46. The van der Waals surface area contributed by atoms with E-state index in [2.05, 4.69) is 0 Å². The molecule has 0 aromatic heterocycles. The van der Waals surface area contributed by atoms with Crippen LogP contribution in [0.5, 0.6) is 0 Å². The summed E-state index contributed by atoms with van der Waals surface area (Å²) < 4.78 is 0. The Kier molecular flexibility index (Phi) is 5.63. The van der Waals surface area contributed by atoms with Crippen LogP contribution in [0.15, 0.2) is 48.5 Å². The summed E-state index contributed by atoms with van der Waals surface area (Å²) in [5, 5.41) is 0. The average molecular weight is 378 g/mol. The van der Waals surface area contributed by atoms with Crippen molar-refractivity contribution in [3.8, 4) is 0 Å². The van der Waals surface area contributed by atoms with Crippen LogP contribution in [0.4, 0.5) is 5.69 Å². The second-order valence-corrected chi connectivity index (χ2v) is 7.46. The van der Waals surface area contributed by atoms with E-state index in [0.717, 1.165) is 11.1 Å². The minimum atomic E-state index is -0.780. The van der Waals surface area contributed by atoms with Crippen molar-refractivity contribution in [3.05, 3.63) is 65.2 Å². The van der Waals surface area contributed by atoms with Crippen molar-refractivity contribution in [3.63, 3.8) is 0 Å². The van der Waals surface area contributed by atoms with Gasteiger partial charge in [0, 0.05) is 11.6 Å². The zero-order chi connectivity index (χ0) is 20.4. The van der Waals surface area contributed by atoms with Crippen LogP contribution in [0.1, 0.15) is 48.2 Å². The minimum Gasteiger partial charge on any atom is -0.323 e. The van der Waals surface area contributed by atoms with Crippen LogP contribution < -0.4 is 4.90 Å². The Morgan fingerprint density at radius 2 is 1.57 bits per heavy atom. The molecule has 0 aliphatic carbocycles. The number of nitrogens with zero attached hydrogens (tertiary/aromatic N) is 2. The van der Waals surface area contributed by atoms with Crippen molar-refractivity contribution < 1.29 is 14.4 Å². The smallest absolute Gasteiger partial charge is 0.257 e. The Hall–Kier alpha value is -2.95. The molecule has 0 spiro atoms. The van der Waals surface area contributed by atoms with Gasteiger partial charge in [0.15, 0.2) is 0 Å². The van der Waals surface area contributed by atoms with Crippen LogP contribution >= 0.6 is 0 Å². The summed E-state index contributed by atoms with van der Waals surface area (Å²) in [4.78, 5) is 41.9. The molecule has 5 heteroatoms. The Balaban J connectivity index is 1.93. The van der Waals surface area contributed by atoms with Gasteiger partial charge in [-0.15, -0.1) is 0 Å². The lowest BCUT2D eigenvalue weighted by Gasteiger charge is -2.33. The number of hydrogen-bond acceptors (Lipinski definition) is 3. The number of benzene rings is 2. The molecule has 0 N–H and O–H groups in total. The van der Waals surface area contributed by atoms with Gasteiger partial charge in [-0.3, -0.25) is 14.4 Å². The van der Waals surface area contributed by atoms with Crippen molar-refractivity contribution in [2.75, 3.05) is 4.90 Å². The van der Waals surface area contributed by atoms with Crippen LogP contribution in [0.25, 0.3) is 0 Å². The first kappa shape index (κ1) is 19.8. The van der Waals surface area contributed by atoms with E-state index >= 15 is 0 Å². The largest absolute Gasteiger partial charge is 0.323 e. The fraction of sp³-hybridized carbons (Fsp3) is 0.348. The van der Waals surface area contributed by atoms with Crippen LogP contribution in [-0.2, 0) is 9.59 Å². The van der Waals surface area contributed by atoms with E-state index in [-0.39, 0.29) is 30.2 Å². The van der Waals surface area contributed by atoms with E-state index in [4.69, 9.17) is 0 Å². The molecule has 1 aliphatic heterocycles. The molecule has 146 valence electrons. The van der Waals surface area contributed by atoms with Crippen molar-refractivity contribution in [1.82, 2.24) is 4.90 Å². The molecule has 0 bridgehead atoms. The Bertz CT molecular complexity index is 887. The number of amides is 3. The van der Waals surface area contributed by atoms with Gasteiger partial charge >= 0.3 is 0 Å². The molecule has 2 aromatic rings. The fourth-order valence-corrected chi connectivity index (χ4v) is 3.49. The molecule has 2 unspecified atom stereocenters. The number of aryl methyl sites for hydroxylation is 2. The van der Waals surface area contributed by atoms with Crippen LogP contribution in [0, 0.1) is 13.8 Å². The topological polar surface area (TPSA) is 57.7 Å². The molecule has 2 aromatic carbocycles. The molecule has 1 aliphatic rings. The molecular formula is C23H26N2O3. The molecule has 0 saturated carbocycles. The van der Waals surface area contributed by atoms with Gasteiger partial charge in [0.05, 0.1) is 12.1 Å². The lowest BCUT2D eigenvalue weighted by atomic mass is 10.1. The molecule has 1 heterocycles. The maximum atomic E-state index is 13.2. The third kappa shape index (κ3) is 3.70. The molecule has 2 atom stereocenters. The first-order chi connectivity index (χ1) is 13.3. The van der Waals surface area contributed by atoms with Crippen LogP contribution in [-0.4, -0.2) is 34.7 Å². The van der Waals surface area contributed by atoms with E-state index in [1.807, 2.05) is 52.0 Å². The van der Waals surface area contributed by atoms with E-state index < -0.39 is 6.04 Å². The summed E-state index contributed by atoms with van der Waals surface area (Å²) in [5.41, 5.74) is 3.19.